The predicted molar refractivity (Wildman–Crippen MR) is 84.2 cm³/mol. The number of esters is 3. The van der Waals surface area contributed by atoms with Crippen LogP contribution in [-0.4, -0.2) is 42.5 Å². The lowest BCUT2D eigenvalue weighted by atomic mass is 9.62. The molecule has 0 aromatic carbocycles. The maximum absolute atomic E-state index is 13.0. The number of carbonyl (C=O) groups excluding carboxylic acids is 4. The first-order valence-corrected chi connectivity index (χ1v) is 8.72. The first kappa shape index (κ1) is 17.9. The molecule has 1 aliphatic heterocycles. The van der Waals surface area contributed by atoms with Crippen molar-refractivity contribution < 1.29 is 33.4 Å². The summed E-state index contributed by atoms with van der Waals surface area (Å²) in [5.74, 6) is -2.07. The smallest absolute Gasteiger partial charge is 0.317 e. The van der Waals surface area contributed by atoms with Crippen molar-refractivity contribution in [3.8, 4) is 0 Å². The van der Waals surface area contributed by atoms with Crippen LogP contribution in [-0.2, 0) is 33.4 Å². The van der Waals surface area contributed by atoms with Gasteiger partial charge in [0.05, 0.1) is 13.0 Å². The highest BCUT2D eigenvalue weighted by atomic mass is 16.6. The van der Waals surface area contributed by atoms with Gasteiger partial charge in [-0.15, -0.1) is 0 Å². The molecule has 2 aliphatic carbocycles. The minimum absolute atomic E-state index is 0.324. The molecule has 2 bridgehead atoms. The predicted octanol–water partition coefficient (Wildman–Crippen LogP) is 1.56. The van der Waals surface area contributed by atoms with Gasteiger partial charge in [-0.25, -0.2) is 0 Å². The van der Waals surface area contributed by atoms with Crippen LogP contribution in [0.2, 0.25) is 0 Å². The van der Waals surface area contributed by atoms with E-state index in [0.29, 0.717) is 44.8 Å². The summed E-state index contributed by atoms with van der Waals surface area (Å²) in [6.07, 6.45) is 3.33. The van der Waals surface area contributed by atoms with Crippen LogP contribution >= 0.6 is 0 Å². The van der Waals surface area contributed by atoms with Gasteiger partial charge < -0.3 is 14.2 Å². The Morgan fingerprint density at radius 3 is 2.44 bits per heavy atom. The quantitative estimate of drug-likeness (QED) is 0.432. The SMILES string of the molecule is COC(=O)[C@H]1CC[C@@]23CC[C@@H]([C@@](C)(C=O)OC2=O)[C@@]3(OC(C)=O)CC1. The van der Waals surface area contributed by atoms with Gasteiger partial charge in [0.25, 0.3) is 0 Å². The molecule has 1 heterocycles. The second-order valence-corrected chi connectivity index (χ2v) is 7.65. The molecule has 138 valence electrons. The summed E-state index contributed by atoms with van der Waals surface area (Å²) in [7, 11) is 1.34. The van der Waals surface area contributed by atoms with Crippen LogP contribution in [0, 0.1) is 17.3 Å². The number of hydrogen-bond donors (Lipinski definition) is 0. The molecule has 0 aromatic rings. The maximum atomic E-state index is 13.0. The molecule has 0 aromatic heterocycles. The minimum atomic E-state index is -1.32. The molecular weight excluding hydrogens is 328 g/mol. The van der Waals surface area contributed by atoms with E-state index in [1.165, 1.54) is 14.0 Å². The Hall–Kier alpha value is -1.92. The third kappa shape index (κ3) is 2.31. The van der Waals surface area contributed by atoms with Gasteiger partial charge >= 0.3 is 17.9 Å². The first-order valence-electron chi connectivity index (χ1n) is 8.72. The summed E-state index contributed by atoms with van der Waals surface area (Å²) in [5.41, 5.74) is -3.42. The van der Waals surface area contributed by atoms with Crippen LogP contribution in [0.1, 0.15) is 52.4 Å². The number of ether oxygens (including phenoxy) is 3. The molecule has 3 fully saturated rings. The van der Waals surface area contributed by atoms with Crippen molar-refractivity contribution >= 4 is 24.2 Å². The van der Waals surface area contributed by atoms with Gasteiger partial charge in [-0.2, -0.15) is 0 Å². The van der Waals surface area contributed by atoms with Crippen LogP contribution in [0.5, 0.6) is 0 Å². The topological polar surface area (TPSA) is 96.0 Å². The highest BCUT2D eigenvalue weighted by Gasteiger charge is 2.75. The van der Waals surface area contributed by atoms with Gasteiger partial charge in [0.15, 0.2) is 11.9 Å². The summed E-state index contributed by atoms with van der Waals surface area (Å²) in [6, 6.07) is 0. The van der Waals surface area contributed by atoms with E-state index in [2.05, 4.69) is 0 Å². The molecule has 5 atom stereocenters. The number of carbonyl (C=O) groups is 4. The fourth-order valence-corrected chi connectivity index (χ4v) is 5.35. The van der Waals surface area contributed by atoms with Crippen LogP contribution in [0.15, 0.2) is 0 Å². The molecule has 0 unspecified atom stereocenters. The van der Waals surface area contributed by atoms with Crippen molar-refractivity contribution in [2.75, 3.05) is 7.11 Å². The van der Waals surface area contributed by atoms with E-state index in [-0.39, 0.29) is 11.9 Å². The van der Waals surface area contributed by atoms with E-state index in [0.717, 1.165) is 0 Å². The third-order valence-electron chi connectivity index (χ3n) is 6.51. The van der Waals surface area contributed by atoms with Crippen molar-refractivity contribution in [2.24, 2.45) is 17.3 Å². The molecule has 7 nitrogen and oxygen atoms in total. The molecule has 3 rings (SSSR count). The van der Waals surface area contributed by atoms with Gasteiger partial charge in [0.2, 0.25) is 0 Å². The Labute approximate surface area is 146 Å². The lowest BCUT2D eigenvalue weighted by molar-refractivity contribution is -0.238. The van der Waals surface area contributed by atoms with Crippen LogP contribution in [0.3, 0.4) is 0 Å². The standard InChI is InChI=1S/C18H24O7/c1-11(20)24-18-9-5-12(14(21)23-3)4-7-17(18)8-6-13(18)16(2,10-19)25-15(17)22/h10,12-13H,4-9H2,1-3H3/t12-,13-,16+,17+,18-/m0/s1. The number of methoxy groups -OCH3 is 1. The van der Waals surface area contributed by atoms with E-state index in [1.807, 2.05) is 0 Å². The molecule has 0 amide bonds. The highest BCUT2D eigenvalue weighted by Crippen LogP contribution is 2.65. The molecule has 0 N–H and O–H groups in total. The van der Waals surface area contributed by atoms with Crippen LogP contribution in [0.4, 0.5) is 0 Å². The zero-order chi connectivity index (χ0) is 18.5. The van der Waals surface area contributed by atoms with Crippen molar-refractivity contribution in [3.05, 3.63) is 0 Å². The summed E-state index contributed by atoms with van der Waals surface area (Å²) in [5, 5.41) is 0. The Bertz CT molecular complexity index is 629. The van der Waals surface area contributed by atoms with Gasteiger partial charge in [-0.3, -0.25) is 19.2 Å². The van der Waals surface area contributed by atoms with Crippen LogP contribution < -0.4 is 0 Å². The Morgan fingerprint density at radius 1 is 1.20 bits per heavy atom. The van der Waals surface area contributed by atoms with Crippen LogP contribution in [0.25, 0.3) is 0 Å². The van der Waals surface area contributed by atoms with E-state index < -0.39 is 34.5 Å². The Kier molecular flexibility index (Phi) is 4.16. The summed E-state index contributed by atoms with van der Waals surface area (Å²) in [4.78, 5) is 48.6. The lowest BCUT2D eigenvalue weighted by Crippen LogP contribution is -2.66. The average Bonchev–Trinajstić information content (AvgIpc) is 2.71. The number of cyclic esters (lactones) is 1. The van der Waals surface area contributed by atoms with Crippen molar-refractivity contribution in [1.82, 2.24) is 0 Å². The zero-order valence-corrected chi connectivity index (χ0v) is 14.8. The molecule has 3 aliphatic rings. The third-order valence-corrected chi connectivity index (χ3v) is 6.51. The van der Waals surface area contributed by atoms with E-state index in [1.54, 1.807) is 6.92 Å². The van der Waals surface area contributed by atoms with E-state index >= 15 is 0 Å². The van der Waals surface area contributed by atoms with Gasteiger partial charge in [0, 0.05) is 12.8 Å². The lowest BCUT2D eigenvalue weighted by Gasteiger charge is -2.53. The first-order chi connectivity index (χ1) is 11.7. The van der Waals surface area contributed by atoms with Gasteiger partial charge in [-0.1, -0.05) is 0 Å². The Morgan fingerprint density at radius 2 is 1.84 bits per heavy atom. The second kappa shape index (κ2) is 5.81. The average molecular weight is 352 g/mol. The van der Waals surface area contributed by atoms with Gasteiger partial charge in [-0.05, 0) is 45.4 Å². The van der Waals surface area contributed by atoms with Crippen molar-refractivity contribution in [1.29, 1.82) is 0 Å². The molecule has 2 saturated carbocycles. The normalized spacial score (nSPS) is 42.6. The van der Waals surface area contributed by atoms with E-state index in [9.17, 15) is 19.2 Å². The Balaban J connectivity index is 2.10. The second-order valence-electron chi connectivity index (χ2n) is 7.65. The molecular formula is C18H24O7. The molecule has 1 saturated heterocycles. The molecule has 0 spiro atoms. The minimum Gasteiger partial charge on any atom is -0.469 e. The zero-order valence-electron chi connectivity index (χ0n) is 14.8. The van der Waals surface area contributed by atoms with Crippen molar-refractivity contribution in [2.45, 2.75) is 63.6 Å². The number of rotatable bonds is 3. The van der Waals surface area contributed by atoms with Crippen molar-refractivity contribution in [3.63, 3.8) is 0 Å². The molecule has 0 radical (unpaired) electrons. The van der Waals surface area contributed by atoms with E-state index in [4.69, 9.17) is 14.2 Å². The summed E-state index contributed by atoms with van der Waals surface area (Å²) in [6.45, 7) is 2.88. The highest BCUT2D eigenvalue weighted by molar-refractivity contribution is 5.86. The fourth-order valence-electron chi connectivity index (χ4n) is 5.35. The van der Waals surface area contributed by atoms with Gasteiger partial charge in [0.1, 0.15) is 11.0 Å². The fraction of sp³-hybridized carbons (Fsp3) is 0.778. The molecule has 7 heteroatoms. The summed E-state index contributed by atoms with van der Waals surface area (Å²) < 4.78 is 16.2. The molecule has 25 heavy (non-hydrogen) atoms. The number of aldehydes is 1. The largest absolute Gasteiger partial charge is 0.469 e. The maximum Gasteiger partial charge on any atom is 0.317 e. The monoisotopic (exact) mass is 352 g/mol. The summed E-state index contributed by atoms with van der Waals surface area (Å²) >= 11 is 0. The number of hydrogen-bond acceptors (Lipinski definition) is 7.